The van der Waals surface area contributed by atoms with E-state index < -0.39 is 0 Å². The van der Waals surface area contributed by atoms with Crippen LogP contribution in [0.5, 0.6) is 0 Å². The van der Waals surface area contributed by atoms with Gasteiger partial charge in [-0.15, -0.1) is 0 Å². The molecule has 106 valence electrons. The Morgan fingerprint density at radius 2 is 2.05 bits per heavy atom. The molecule has 0 bridgehead atoms. The Morgan fingerprint density at radius 1 is 1.26 bits per heavy atom. The summed E-state index contributed by atoms with van der Waals surface area (Å²) in [4.78, 5) is 0. The second-order valence-corrected chi connectivity index (χ2v) is 5.58. The van der Waals surface area contributed by atoms with Gasteiger partial charge in [0.1, 0.15) is 0 Å². The summed E-state index contributed by atoms with van der Waals surface area (Å²) in [6.07, 6.45) is 7.87. The second-order valence-electron chi connectivity index (χ2n) is 5.58. The molecule has 2 heteroatoms. The highest BCUT2D eigenvalue weighted by Gasteiger charge is 2.29. The number of ether oxygens (including phenoxy) is 1. The van der Waals surface area contributed by atoms with E-state index in [-0.39, 0.29) is 0 Å². The molecule has 1 N–H and O–H groups in total. The highest BCUT2D eigenvalue weighted by molar-refractivity contribution is 5.19. The van der Waals surface area contributed by atoms with Gasteiger partial charge in [0.2, 0.25) is 0 Å². The third kappa shape index (κ3) is 4.05. The van der Waals surface area contributed by atoms with Crippen LogP contribution in [0.2, 0.25) is 0 Å². The summed E-state index contributed by atoms with van der Waals surface area (Å²) >= 11 is 0. The van der Waals surface area contributed by atoms with Gasteiger partial charge < -0.3 is 10.1 Å². The van der Waals surface area contributed by atoms with E-state index in [2.05, 4.69) is 42.6 Å². The first-order valence-corrected chi connectivity index (χ1v) is 7.69. The maximum Gasteiger partial charge on any atom is 0.0724 e. The van der Waals surface area contributed by atoms with Crippen LogP contribution in [0.4, 0.5) is 0 Å². The molecule has 3 atom stereocenters. The molecule has 19 heavy (non-hydrogen) atoms. The molecule has 0 saturated heterocycles. The van der Waals surface area contributed by atoms with Gasteiger partial charge in [0.05, 0.1) is 6.10 Å². The summed E-state index contributed by atoms with van der Waals surface area (Å²) in [6, 6.07) is 11.8. The Morgan fingerprint density at radius 3 is 2.74 bits per heavy atom. The van der Waals surface area contributed by atoms with E-state index in [0.29, 0.717) is 18.2 Å². The first-order chi connectivity index (χ1) is 9.35. The molecule has 1 aliphatic carbocycles. The average molecular weight is 261 g/mol. The number of benzene rings is 1. The summed E-state index contributed by atoms with van der Waals surface area (Å²) in [7, 11) is 1.84. The number of nitrogens with one attached hydrogen (secondary N) is 1. The molecular weight excluding hydrogens is 234 g/mol. The summed E-state index contributed by atoms with van der Waals surface area (Å²) in [6.45, 7) is 2.26. The lowest BCUT2D eigenvalue weighted by atomic mass is 9.99. The lowest BCUT2D eigenvalue weighted by Gasteiger charge is -2.27. The third-order valence-corrected chi connectivity index (χ3v) is 4.22. The van der Waals surface area contributed by atoms with Gasteiger partial charge in [-0.25, -0.2) is 0 Å². The Bertz CT molecular complexity index is 352. The van der Waals surface area contributed by atoms with Crippen molar-refractivity contribution in [2.45, 2.75) is 63.6 Å². The van der Waals surface area contributed by atoms with E-state index in [9.17, 15) is 0 Å². The van der Waals surface area contributed by atoms with E-state index in [1.807, 2.05) is 7.11 Å². The average Bonchev–Trinajstić information content (AvgIpc) is 2.91. The normalized spacial score (nSPS) is 24.5. The highest BCUT2D eigenvalue weighted by Crippen LogP contribution is 2.27. The molecule has 0 radical (unpaired) electrons. The van der Waals surface area contributed by atoms with Gasteiger partial charge in [-0.1, -0.05) is 50.1 Å². The molecule has 0 aromatic heterocycles. The maximum atomic E-state index is 5.60. The van der Waals surface area contributed by atoms with Crippen molar-refractivity contribution in [3.8, 4) is 0 Å². The van der Waals surface area contributed by atoms with Crippen molar-refractivity contribution >= 4 is 0 Å². The molecule has 0 amide bonds. The van der Waals surface area contributed by atoms with Crippen molar-refractivity contribution in [3.05, 3.63) is 35.9 Å². The van der Waals surface area contributed by atoms with Crippen molar-refractivity contribution in [2.24, 2.45) is 0 Å². The van der Waals surface area contributed by atoms with E-state index >= 15 is 0 Å². The largest absolute Gasteiger partial charge is 0.380 e. The SMILES string of the molecule is CCCCC(NC1CCCC1OC)c1ccccc1. The van der Waals surface area contributed by atoms with Crippen LogP contribution in [0.15, 0.2) is 30.3 Å². The van der Waals surface area contributed by atoms with Crippen molar-refractivity contribution in [1.82, 2.24) is 5.32 Å². The molecule has 3 unspecified atom stereocenters. The van der Waals surface area contributed by atoms with Crippen LogP contribution in [-0.2, 0) is 4.74 Å². The molecular formula is C17H27NO. The second kappa shape index (κ2) is 7.66. The van der Waals surface area contributed by atoms with Crippen LogP contribution in [0.25, 0.3) is 0 Å². The topological polar surface area (TPSA) is 21.3 Å². The van der Waals surface area contributed by atoms with Crippen LogP contribution < -0.4 is 5.32 Å². The molecule has 2 nitrogen and oxygen atoms in total. The van der Waals surface area contributed by atoms with Gasteiger partial charge in [0.15, 0.2) is 0 Å². The highest BCUT2D eigenvalue weighted by atomic mass is 16.5. The standard InChI is InChI=1S/C17H27NO/c1-3-4-11-15(14-9-6-5-7-10-14)18-16-12-8-13-17(16)19-2/h5-7,9-10,15-18H,3-4,8,11-13H2,1-2H3. The fourth-order valence-electron chi connectivity index (χ4n) is 3.10. The minimum Gasteiger partial charge on any atom is -0.380 e. The van der Waals surface area contributed by atoms with Gasteiger partial charge in [0.25, 0.3) is 0 Å². The van der Waals surface area contributed by atoms with Crippen LogP contribution in [0.3, 0.4) is 0 Å². The van der Waals surface area contributed by atoms with E-state index in [1.54, 1.807) is 0 Å². The van der Waals surface area contributed by atoms with Crippen molar-refractivity contribution in [1.29, 1.82) is 0 Å². The number of rotatable bonds is 7. The number of hydrogen-bond donors (Lipinski definition) is 1. The van der Waals surface area contributed by atoms with Gasteiger partial charge in [0, 0.05) is 19.2 Å². The van der Waals surface area contributed by atoms with Gasteiger partial charge in [-0.05, 0) is 31.2 Å². The van der Waals surface area contributed by atoms with Crippen molar-refractivity contribution < 1.29 is 4.74 Å². The zero-order chi connectivity index (χ0) is 13.5. The smallest absolute Gasteiger partial charge is 0.0724 e. The lowest BCUT2D eigenvalue weighted by Crippen LogP contribution is -2.39. The zero-order valence-electron chi connectivity index (χ0n) is 12.3. The first-order valence-electron chi connectivity index (χ1n) is 7.69. The summed E-state index contributed by atoms with van der Waals surface area (Å²) < 4.78 is 5.60. The molecule has 2 rings (SSSR count). The quantitative estimate of drug-likeness (QED) is 0.798. The van der Waals surface area contributed by atoms with Crippen LogP contribution >= 0.6 is 0 Å². The molecule has 0 spiro atoms. The summed E-state index contributed by atoms with van der Waals surface area (Å²) in [5.74, 6) is 0. The maximum absolute atomic E-state index is 5.60. The molecule has 1 aliphatic rings. The molecule has 1 saturated carbocycles. The minimum atomic E-state index is 0.396. The molecule has 1 fully saturated rings. The van der Waals surface area contributed by atoms with E-state index in [0.717, 1.165) is 0 Å². The van der Waals surface area contributed by atoms with Gasteiger partial charge in [-0.2, -0.15) is 0 Å². The minimum absolute atomic E-state index is 0.396. The van der Waals surface area contributed by atoms with Crippen LogP contribution in [-0.4, -0.2) is 19.3 Å². The predicted molar refractivity (Wildman–Crippen MR) is 80.3 cm³/mol. The van der Waals surface area contributed by atoms with Crippen molar-refractivity contribution in [2.75, 3.05) is 7.11 Å². The zero-order valence-corrected chi connectivity index (χ0v) is 12.3. The molecule has 0 aliphatic heterocycles. The number of hydrogen-bond acceptors (Lipinski definition) is 2. The fraction of sp³-hybridized carbons (Fsp3) is 0.647. The first kappa shape index (κ1) is 14.5. The molecule has 1 aromatic carbocycles. The Balaban J connectivity index is 2.01. The Hall–Kier alpha value is -0.860. The summed E-state index contributed by atoms with van der Waals surface area (Å²) in [5, 5.41) is 3.84. The van der Waals surface area contributed by atoms with Gasteiger partial charge >= 0.3 is 0 Å². The number of unbranched alkanes of at least 4 members (excludes halogenated alkanes) is 1. The fourth-order valence-corrected chi connectivity index (χ4v) is 3.10. The van der Waals surface area contributed by atoms with Crippen LogP contribution in [0, 0.1) is 0 Å². The third-order valence-electron chi connectivity index (χ3n) is 4.22. The molecule has 0 heterocycles. The van der Waals surface area contributed by atoms with Crippen LogP contribution in [0.1, 0.15) is 57.1 Å². The molecule has 1 aromatic rings. The number of methoxy groups -OCH3 is 1. The Kier molecular flexibility index (Phi) is 5.87. The monoisotopic (exact) mass is 261 g/mol. The Labute approximate surface area is 117 Å². The summed E-state index contributed by atoms with van der Waals surface area (Å²) in [5.41, 5.74) is 1.41. The van der Waals surface area contributed by atoms with Crippen molar-refractivity contribution in [3.63, 3.8) is 0 Å². The lowest BCUT2D eigenvalue weighted by molar-refractivity contribution is 0.0806. The van der Waals surface area contributed by atoms with Gasteiger partial charge in [-0.3, -0.25) is 0 Å². The van der Waals surface area contributed by atoms with E-state index in [1.165, 1.54) is 44.1 Å². The predicted octanol–water partition coefficient (Wildman–Crippen LogP) is 4.08. The van der Waals surface area contributed by atoms with E-state index in [4.69, 9.17) is 4.74 Å².